The normalized spacial score (nSPS) is 10.9. The molecule has 0 aliphatic heterocycles. The van der Waals surface area contributed by atoms with Crippen molar-refractivity contribution in [3.63, 3.8) is 0 Å². The number of rotatable bonds is 3. The van der Waals surface area contributed by atoms with Gasteiger partial charge in [-0.3, -0.25) is 4.79 Å². The molecule has 1 aromatic heterocycles. The van der Waals surface area contributed by atoms with E-state index < -0.39 is 0 Å². The smallest absolute Gasteiger partial charge is 0.265 e. The SMILES string of the molecule is CCc1nc(CN(C)C)[nH]c(=O)c1Br. The van der Waals surface area contributed by atoms with Crippen molar-refractivity contribution in [2.24, 2.45) is 0 Å². The second kappa shape index (κ2) is 4.70. The third kappa shape index (κ3) is 2.65. The number of aromatic amines is 1. The summed E-state index contributed by atoms with van der Waals surface area (Å²) in [5.74, 6) is 0.708. The van der Waals surface area contributed by atoms with Gasteiger partial charge in [0.05, 0.1) is 12.2 Å². The van der Waals surface area contributed by atoms with Crippen LogP contribution in [0.15, 0.2) is 9.27 Å². The number of aryl methyl sites for hydroxylation is 1. The largest absolute Gasteiger partial charge is 0.308 e. The van der Waals surface area contributed by atoms with Crippen LogP contribution in [0.4, 0.5) is 0 Å². The highest BCUT2D eigenvalue weighted by molar-refractivity contribution is 9.10. The standard InChI is InChI=1S/C9H14BrN3O/c1-4-6-8(10)9(14)12-7(11-6)5-13(2)3/h4-5H2,1-3H3,(H,11,12,14). The summed E-state index contributed by atoms with van der Waals surface area (Å²) in [4.78, 5) is 20.5. The van der Waals surface area contributed by atoms with E-state index in [0.29, 0.717) is 16.8 Å². The third-order valence-electron chi connectivity index (χ3n) is 1.78. The van der Waals surface area contributed by atoms with Crippen molar-refractivity contribution < 1.29 is 0 Å². The number of hydrogen-bond acceptors (Lipinski definition) is 3. The summed E-state index contributed by atoms with van der Waals surface area (Å²) in [5.41, 5.74) is 0.708. The van der Waals surface area contributed by atoms with Crippen LogP contribution in [0.1, 0.15) is 18.4 Å². The topological polar surface area (TPSA) is 49.0 Å². The molecule has 4 nitrogen and oxygen atoms in total. The molecule has 0 amide bonds. The average molecular weight is 260 g/mol. The average Bonchev–Trinajstić information content (AvgIpc) is 2.10. The van der Waals surface area contributed by atoms with Crippen LogP contribution in [0.5, 0.6) is 0 Å². The Morgan fingerprint density at radius 3 is 2.64 bits per heavy atom. The van der Waals surface area contributed by atoms with E-state index in [2.05, 4.69) is 25.9 Å². The molecule has 1 N–H and O–H groups in total. The van der Waals surface area contributed by atoms with Gasteiger partial charge < -0.3 is 9.88 Å². The fraction of sp³-hybridized carbons (Fsp3) is 0.556. The van der Waals surface area contributed by atoms with Crippen molar-refractivity contribution in [2.75, 3.05) is 14.1 Å². The van der Waals surface area contributed by atoms with Crippen molar-refractivity contribution >= 4 is 15.9 Å². The predicted molar refractivity (Wildman–Crippen MR) is 59.3 cm³/mol. The highest BCUT2D eigenvalue weighted by Gasteiger charge is 2.07. The van der Waals surface area contributed by atoms with Gasteiger partial charge in [0, 0.05) is 0 Å². The Bertz CT molecular complexity index is 373. The molecular weight excluding hydrogens is 246 g/mol. The predicted octanol–water partition coefficient (Wildman–Crippen LogP) is 1.16. The van der Waals surface area contributed by atoms with Gasteiger partial charge in [-0.05, 0) is 36.4 Å². The number of nitrogens with one attached hydrogen (secondary N) is 1. The monoisotopic (exact) mass is 259 g/mol. The van der Waals surface area contributed by atoms with Crippen LogP contribution >= 0.6 is 15.9 Å². The first-order valence-electron chi connectivity index (χ1n) is 4.47. The zero-order chi connectivity index (χ0) is 10.7. The molecule has 0 unspecified atom stereocenters. The second-order valence-electron chi connectivity index (χ2n) is 3.36. The first-order chi connectivity index (χ1) is 6.54. The van der Waals surface area contributed by atoms with Crippen LogP contribution in [-0.2, 0) is 13.0 Å². The lowest BCUT2D eigenvalue weighted by molar-refractivity contribution is 0.389. The van der Waals surface area contributed by atoms with Crippen molar-refractivity contribution in [2.45, 2.75) is 19.9 Å². The Hall–Kier alpha value is -0.680. The number of H-pyrrole nitrogens is 1. The maximum absolute atomic E-state index is 11.4. The maximum atomic E-state index is 11.4. The van der Waals surface area contributed by atoms with E-state index in [-0.39, 0.29) is 5.56 Å². The number of halogens is 1. The zero-order valence-electron chi connectivity index (χ0n) is 8.59. The Balaban J connectivity index is 3.10. The van der Waals surface area contributed by atoms with Gasteiger partial charge in [-0.2, -0.15) is 0 Å². The van der Waals surface area contributed by atoms with E-state index in [9.17, 15) is 4.79 Å². The molecule has 0 radical (unpaired) electrons. The van der Waals surface area contributed by atoms with E-state index in [1.807, 2.05) is 25.9 Å². The van der Waals surface area contributed by atoms with Crippen molar-refractivity contribution in [3.8, 4) is 0 Å². The minimum atomic E-state index is -0.103. The van der Waals surface area contributed by atoms with Gasteiger partial charge in [0.15, 0.2) is 0 Å². The van der Waals surface area contributed by atoms with Crippen molar-refractivity contribution in [1.82, 2.24) is 14.9 Å². The summed E-state index contributed by atoms with van der Waals surface area (Å²) < 4.78 is 0.544. The summed E-state index contributed by atoms with van der Waals surface area (Å²) >= 11 is 3.22. The lowest BCUT2D eigenvalue weighted by Crippen LogP contribution is -2.20. The highest BCUT2D eigenvalue weighted by Crippen LogP contribution is 2.09. The molecule has 0 aromatic carbocycles. The van der Waals surface area contributed by atoms with Crippen molar-refractivity contribution in [3.05, 3.63) is 26.3 Å². The molecule has 0 fully saturated rings. The zero-order valence-corrected chi connectivity index (χ0v) is 10.2. The van der Waals surface area contributed by atoms with Crippen molar-refractivity contribution in [1.29, 1.82) is 0 Å². The van der Waals surface area contributed by atoms with E-state index in [4.69, 9.17) is 0 Å². The molecule has 5 heteroatoms. The molecule has 0 spiro atoms. The Kier molecular flexibility index (Phi) is 3.83. The summed E-state index contributed by atoms with van der Waals surface area (Å²) in [6, 6.07) is 0. The summed E-state index contributed by atoms with van der Waals surface area (Å²) in [7, 11) is 3.88. The molecule has 0 atom stereocenters. The number of nitrogens with zero attached hydrogens (tertiary/aromatic N) is 2. The molecule has 0 saturated heterocycles. The van der Waals surface area contributed by atoms with Gasteiger partial charge in [-0.1, -0.05) is 6.92 Å². The molecule has 1 heterocycles. The van der Waals surface area contributed by atoms with Crippen LogP contribution in [0, 0.1) is 0 Å². The number of aromatic nitrogens is 2. The Labute approximate surface area is 91.5 Å². The maximum Gasteiger partial charge on any atom is 0.265 e. The first kappa shape index (κ1) is 11.4. The minimum Gasteiger partial charge on any atom is -0.308 e. The lowest BCUT2D eigenvalue weighted by Gasteiger charge is -2.09. The Morgan fingerprint density at radius 1 is 1.50 bits per heavy atom. The second-order valence-corrected chi connectivity index (χ2v) is 4.16. The van der Waals surface area contributed by atoms with Gasteiger partial charge in [0.25, 0.3) is 5.56 Å². The lowest BCUT2D eigenvalue weighted by atomic mass is 10.3. The Morgan fingerprint density at radius 2 is 2.14 bits per heavy atom. The van der Waals surface area contributed by atoms with Crippen LogP contribution in [-0.4, -0.2) is 29.0 Å². The molecule has 0 saturated carbocycles. The molecule has 14 heavy (non-hydrogen) atoms. The minimum absolute atomic E-state index is 0.103. The van der Waals surface area contributed by atoms with Crippen LogP contribution in [0.3, 0.4) is 0 Å². The van der Waals surface area contributed by atoms with Gasteiger partial charge in [0.1, 0.15) is 10.3 Å². The van der Waals surface area contributed by atoms with E-state index in [0.717, 1.165) is 12.1 Å². The fourth-order valence-corrected chi connectivity index (χ4v) is 1.63. The first-order valence-corrected chi connectivity index (χ1v) is 5.26. The van der Waals surface area contributed by atoms with E-state index in [1.165, 1.54) is 0 Å². The number of hydrogen-bond donors (Lipinski definition) is 1. The molecule has 1 aromatic rings. The molecule has 0 aliphatic rings. The van der Waals surface area contributed by atoms with Gasteiger partial charge in [-0.25, -0.2) is 4.98 Å². The quantitative estimate of drug-likeness (QED) is 0.887. The molecular formula is C9H14BrN3O. The summed E-state index contributed by atoms with van der Waals surface area (Å²) in [5, 5.41) is 0. The van der Waals surface area contributed by atoms with Crippen LogP contribution in [0.2, 0.25) is 0 Å². The fourth-order valence-electron chi connectivity index (χ4n) is 1.17. The molecule has 78 valence electrons. The van der Waals surface area contributed by atoms with E-state index >= 15 is 0 Å². The van der Waals surface area contributed by atoms with E-state index in [1.54, 1.807) is 0 Å². The molecule has 0 bridgehead atoms. The summed E-state index contributed by atoms with van der Waals surface area (Å²) in [6.07, 6.45) is 0.755. The summed E-state index contributed by atoms with van der Waals surface area (Å²) in [6.45, 7) is 2.63. The van der Waals surface area contributed by atoms with Gasteiger partial charge >= 0.3 is 0 Å². The third-order valence-corrected chi connectivity index (χ3v) is 2.60. The van der Waals surface area contributed by atoms with Crippen LogP contribution in [0.25, 0.3) is 0 Å². The van der Waals surface area contributed by atoms with Crippen LogP contribution < -0.4 is 5.56 Å². The van der Waals surface area contributed by atoms with Gasteiger partial charge in [-0.15, -0.1) is 0 Å². The highest BCUT2D eigenvalue weighted by atomic mass is 79.9. The molecule has 1 rings (SSSR count). The van der Waals surface area contributed by atoms with Gasteiger partial charge in [0.2, 0.25) is 0 Å². The molecule has 0 aliphatic carbocycles.